The van der Waals surface area contributed by atoms with Crippen LogP contribution in [0, 0.1) is 0 Å². The first-order valence-corrected chi connectivity index (χ1v) is 9.20. The topological polar surface area (TPSA) is 52.1 Å². The molecule has 4 rings (SSSR count). The van der Waals surface area contributed by atoms with Gasteiger partial charge in [0.2, 0.25) is 0 Å². The molecular weight excluding hydrogens is 342 g/mol. The van der Waals surface area contributed by atoms with Crippen molar-refractivity contribution in [1.82, 2.24) is 14.5 Å². The molecule has 3 aromatic rings. The van der Waals surface area contributed by atoms with Gasteiger partial charge in [-0.05, 0) is 36.9 Å². The Labute approximate surface area is 150 Å². The van der Waals surface area contributed by atoms with E-state index in [-0.39, 0.29) is 6.10 Å². The van der Waals surface area contributed by atoms with E-state index in [1.807, 2.05) is 30.3 Å². The van der Waals surface area contributed by atoms with Crippen LogP contribution in [-0.2, 0) is 0 Å². The summed E-state index contributed by atoms with van der Waals surface area (Å²) in [6.07, 6.45) is 1.43. The number of aliphatic hydroxyl groups is 1. The van der Waals surface area contributed by atoms with E-state index in [2.05, 4.69) is 26.6 Å². The van der Waals surface area contributed by atoms with Gasteiger partial charge in [0.1, 0.15) is 0 Å². The minimum Gasteiger partial charge on any atom is -0.393 e. The smallest absolute Gasteiger partial charge is 0.0999 e. The summed E-state index contributed by atoms with van der Waals surface area (Å²) in [4.78, 5) is 1.00. The zero-order chi connectivity index (χ0) is 16.5. The molecule has 2 aromatic carbocycles. The average Bonchev–Trinajstić information content (AvgIpc) is 3.04. The lowest BCUT2D eigenvalue weighted by Crippen LogP contribution is -2.31. The molecule has 1 fully saturated rings. The van der Waals surface area contributed by atoms with Gasteiger partial charge in [0, 0.05) is 24.0 Å². The van der Waals surface area contributed by atoms with Gasteiger partial charge in [0.15, 0.2) is 0 Å². The third-order valence-electron chi connectivity index (χ3n) is 4.34. The second-order valence-corrected chi connectivity index (χ2v) is 7.50. The quantitative estimate of drug-likeness (QED) is 0.683. The Kier molecular flexibility index (Phi) is 4.50. The first-order valence-electron chi connectivity index (χ1n) is 8.05. The highest BCUT2D eigenvalue weighted by atomic mass is 35.5. The predicted molar refractivity (Wildman–Crippen MR) is 99.2 cm³/mol. The van der Waals surface area contributed by atoms with Gasteiger partial charge in [0.05, 0.1) is 27.2 Å². The number of H-pyrrole nitrogens is 1. The monoisotopic (exact) mass is 359 g/mol. The second-order valence-electron chi connectivity index (χ2n) is 5.99. The number of aromatic nitrogens is 2. The van der Waals surface area contributed by atoms with E-state index in [4.69, 9.17) is 11.6 Å². The molecule has 6 heteroatoms. The molecular formula is C18H18ClN3OS. The van der Waals surface area contributed by atoms with Crippen molar-refractivity contribution in [2.24, 2.45) is 0 Å². The zero-order valence-corrected chi connectivity index (χ0v) is 14.6. The summed E-state index contributed by atoms with van der Waals surface area (Å²) in [6.45, 7) is 1.72. The first-order chi connectivity index (χ1) is 11.7. The standard InChI is InChI=1S/C18H18ClN3OS/c19-15-7-6-14-16(12-4-2-1-3-5-12)20-21-17(14)18(15)24-22-10-8-13(23)9-11-22/h1-7,13,23H,8-11H2,(H,20,21). The Balaban J connectivity index is 1.71. The van der Waals surface area contributed by atoms with E-state index in [1.165, 1.54) is 0 Å². The molecule has 2 heterocycles. The highest BCUT2D eigenvalue weighted by molar-refractivity contribution is 7.97. The molecule has 1 aliphatic heterocycles. The third-order valence-corrected chi connectivity index (χ3v) is 5.99. The number of halogens is 1. The highest BCUT2D eigenvalue weighted by Gasteiger charge is 2.21. The predicted octanol–water partition coefficient (Wildman–Crippen LogP) is 4.35. The molecule has 1 aromatic heterocycles. The number of nitrogens with one attached hydrogen (secondary N) is 1. The molecule has 0 radical (unpaired) electrons. The average molecular weight is 360 g/mol. The fourth-order valence-electron chi connectivity index (χ4n) is 3.01. The van der Waals surface area contributed by atoms with Gasteiger partial charge in [-0.3, -0.25) is 5.10 Å². The molecule has 0 atom stereocenters. The van der Waals surface area contributed by atoms with Gasteiger partial charge in [-0.1, -0.05) is 41.9 Å². The second kappa shape index (κ2) is 6.76. The van der Waals surface area contributed by atoms with Crippen LogP contribution in [-0.4, -0.2) is 38.8 Å². The van der Waals surface area contributed by atoms with E-state index in [1.54, 1.807) is 11.9 Å². The minimum absolute atomic E-state index is 0.176. The number of hydrogen-bond donors (Lipinski definition) is 2. The van der Waals surface area contributed by atoms with Crippen LogP contribution < -0.4 is 0 Å². The third kappa shape index (κ3) is 3.05. The van der Waals surface area contributed by atoms with Crippen LogP contribution in [0.4, 0.5) is 0 Å². The van der Waals surface area contributed by atoms with Crippen LogP contribution in [0.25, 0.3) is 22.2 Å². The summed E-state index contributed by atoms with van der Waals surface area (Å²) in [5.41, 5.74) is 3.00. The number of nitrogens with zero attached hydrogens (tertiary/aromatic N) is 2. The summed E-state index contributed by atoms with van der Waals surface area (Å²) in [7, 11) is 0. The lowest BCUT2D eigenvalue weighted by Gasteiger charge is -2.28. The van der Waals surface area contributed by atoms with Crippen LogP contribution >= 0.6 is 23.5 Å². The van der Waals surface area contributed by atoms with Gasteiger partial charge < -0.3 is 5.11 Å². The van der Waals surface area contributed by atoms with Crippen LogP contribution in [0.2, 0.25) is 5.02 Å². The molecule has 0 saturated carbocycles. The van der Waals surface area contributed by atoms with E-state index >= 15 is 0 Å². The number of aliphatic hydroxyl groups excluding tert-OH is 1. The fraction of sp³-hybridized carbons (Fsp3) is 0.278. The van der Waals surface area contributed by atoms with Gasteiger partial charge in [-0.15, -0.1) is 0 Å². The van der Waals surface area contributed by atoms with Crippen molar-refractivity contribution in [2.75, 3.05) is 13.1 Å². The van der Waals surface area contributed by atoms with Crippen LogP contribution in [0.3, 0.4) is 0 Å². The Bertz CT molecular complexity index is 844. The molecule has 24 heavy (non-hydrogen) atoms. The lowest BCUT2D eigenvalue weighted by atomic mass is 10.1. The molecule has 124 valence electrons. The molecule has 0 unspecified atom stereocenters. The Morgan fingerprint density at radius 1 is 1.12 bits per heavy atom. The largest absolute Gasteiger partial charge is 0.393 e. The van der Waals surface area contributed by atoms with E-state index in [0.717, 1.165) is 58.0 Å². The van der Waals surface area contributed by atoms with E-state index in [0.29, 0.717) is 0 Å². The number of hydrogen-bond acceptors (Lipinski definition) is 4. The molecule has 0 amide bonds. The normalized spacial score (nSPS) is 16.8. The van der Waals surface area contributed by atoms with Crippen LogP contribution in [0.15, 0.2) is 47.4 Å². The molecule has 0 bridgehead atoms. The Morgan fingerprint density at radius 3 is 2.62 bits per heavy atom. The van der Waals surface area contributed by atoms with Crippen molar-refractivity contribution in [3.05, 3.63) is 47.5 Å². The van der Waals surface area contributed by atoms with Gasteiger partial charge in [0.25, 0.3) is 0 Å². The first kappa shape index (κ1) is 16.0. The maximum Gasteiger partial charge on any atom is 0.0999 e. The Hall–Kier alpha value is -1.53. The van der Waals surface area contributed by atoms with Crippen molar-refractivity contribution in [3.8, 4) is 11.3 Å². The molecule has 1 saturated heterocycles. The van der Waals surface area contributed by atoms with Crippen molar-refractivity contribution < 1.29 is 5.11 Å². The maximum absolute atomic E-state index is 9.67. The van der Waals surface area contributed by atoms with Gasteiger partial charge in [-0.2, -0.15) is 5.10 Å². The molecule has 1 aliphatic rings. The summed E-state index contributed by atoms with van der Waals surface area (Å²) in [6, 6.07) is 14.1. The van der Waals surface area contributed by atoms with Crippen molar-refractivity contribution >= 4 is 34.5 Å². The van der Waals surface area contributed by atoms with Gasteiger partial charge >= 0.3 is 0 Å². The zero-order valence-electron chi connectivity index (χ0n) is 13.1. The van der Waals surface area contributed by atoms with Crippen molar-refractivity contribution in [1.29, 1.82) is 0 Å². The van der Waals surface area contributed by atoms with E-state index in [9.17, 15) is 5.11 Å². The number of aromatic amines is 1. The highest BCUT2D eigenvalue weighted by Crippen LogP contribution is 2.39. The summed E-state index contributed by atoms with van der Waals surface area (Å²) in [5, 5.41) is 19.1. The lowest BCUT2D eigenvalue weighted by molar-refractivity contribution is 0.116. The van der Waals surface area contributed by atoms with Crippen molar-refractivity contribution in [3.63, 3.8) is 0 Å². The number of piperidine rings is 1. The molecule has 0 spiro atoms. The summed E-state index contributed by atoms with van der Waals surface area (Å²) in [5.74, 6) is 0. The summed E-state index contributed by atoms with van der Waals surface area (Å²) < 4.78 is 2.26. The SMILES string of the molecule is OC1CCN(Sc2c(Cl)ccc3c(-c4ccccc4)n[nH]c23)CC1. The number of fused-ring (bicyclic) bond motifs is 1. The minimum atomic E-state index is -0.176. The maximum atomic E-state index is 9.67. The molecule has 4 nitrogen and oxygen atoms in total. The van der Waals surface area contributed by atoms with Crippen LogP contribution in [0.5, 0.6) is 0 Å². The molecule has 2 N–H and O–H groups in total. The fourth-order valence-corrected chi connectivity index (χ4v) is 4.32. The van der Waals surface area contributed by atoms with Crippen LogP contribution in [0.1, 0.15) is 12.8 Å². The Morgan fingerprint density at radius 2 is 1.88 bits per heavy atom. The molecule has 0 aliphatic carbocycles. The summed E-state index contributed by atoms with van der Waals surface area (Å²) >= 11 is 8.11. The van der Waals surface area contributed by atoms with E-state index < -0.39 is 0 Å². The number of benzene rings is 2. The number of rotatable bonds is 3. The van der Waals surface area contributed by atoms with Crippen molar-refractivity contribution in [2.45, 2.75) is 23.8 Å². The van der Waals surface area contributed by atoms with Gasteiger partial charge in [-0.25, -0.2) is 4.31 Å².